The van der Waals surface area contributed by atoms with Crippen molar-refractivity contribution >= 4 is 0 Å². The number of hydrogen-bond acceptors (Lipinski definition) is 3. The minimum absolute atomic E-state index is 0.277. The number of allylic oxidation sites excluding steroid dienone is 2. The molecule has 3 N–H and O–H groups in total. The van der Waals surface area contributed by atoms with E-state index in [1.165, 1.54) is 0 Å². The minimum Gasteiger partial charge on any atom is -0.286 e. The largest absolute Gasteiger partial charge is 0.286 e. The van der Waals surface area contributed by atoms with E-state index in [0.29, 0.717) is 5.01 Å². The second-order valence-corrected chi connectivity index (χ2v) is 6.25. The van der Waals surface area contributed by atoms with Crippen molar-refractivity contribution in [3.63, 3.8) is 0 Å². The summed E-state index contributed by atoms with van der Waals surface area (Å²) in [5.74, 6) is 2.18. The maximum atomic E-state index is 14.6. The summed E-state index contributed by atoms with van der Waals surface area (Å²) in [6, 6.07) is 9.22. The van der Waals surface area contributed by atoms with E-state index in [0.717, 1.165) is 5.56 Å². The highest BCUT2D eigenvalue weighted by atomic mass is 19.2. The van der Waals surface area contributed by atoms with Gasteiger partial charge in [0.15, 0.2) is 12.0 Å². The Morgan fingerprint density at radius 3 is 2.27 bits per heavy atom. The number of nitrogens with two attached hydrogens (primary N) is 1. The number of hydrogen-bond donors (Lipinski definition) is 2. The van der Waals surface area contributed by atoms with Gasteiger partial charge in [0, 0.05) is 12.1 Å². The molecule has 3 nitrogen and oxygen atoms in total. The van der Waals surface area contributed by atoms with Crippen molar-refractivity contribution in [2.45, 2.75) is 33.5 Å². The Labute approximate surface area is 128 Å². The summed E-state index contributed by atoms with van der Waals surface area (Å²) in [6.07, 6.45) is -1.24. The lowest BCUT2D eigenvalue weighted by atomic mass is 9.83. The molecular weight excluding hydrogens is 291 g/mol. The lowest BCUT2D eigenvalue weighted by Crippen LogP contribution is -2.51. The van der Waals surface area contributed by atoms with Crippen LogP contribution >= 0.6 is 0 Å². The van der Waals surface area contributed by atoms with Crippen LogP contribution in [-0.2, 0) is 6.54 Å². The Balaban J connectivity index is 2.29. The molecule has 1 aromatic rings. The van der Waals surface area contributed by atoms with Crippen LogP contribution in [0.2, 0.25) is 0 Å². The van der Waals surface area contributed by atoms with Crippen molar-refractivity contribution in [3.05, 3.63) is 59.1 Å². The Hall–Kier alpha value is -1.79. The van der Waals surface area contributed by atoms with E-state index in [4.69, 9.17) is 5.84 Å². The van der Waals surface area contributed by atoms with Crippen molar-refractivity contribution in [2.75, 3.05) is 0 Å². The molecule has 2 rings (SSSR count). The monoisotopic (exact) mass is 311 g/mol. The molecule has 0 fully saturated rings. The molecule has 0 saturated heterocycles. The van der Waals surface area contributed by atoms with Crippen LogP contribution in [-0.4, -0.2) is 11.2 Å². The molecule has 1 atom stereocenters. The van der Waals surface area contributed by atoms with Crippen LogP contribution in [0.25, 0.3) is 0 Å². The summed E-state index contributed by atoms with van der Waals surface area (Å²) in [7, 11) is 0. The number of nitrogens with one attached hydrogen (secondary N) is 1. The topological polar surface area (TPSA) is 41.3 Å². The molecule has 1 aromatic carbocycles. The zero-order valence-electron chi connectivity index (χ0n) is 12.8. The van der Waals surface area contributed by atoms with Gasteiger partial charge in [-0.3, -0.25) is 10.3 Å². The van der Waals surface area contributed by atoms with Crippen LogP contribution in [0.5, 0.6) is 0 Å². The smallest absolute Gasteiger partial charge is 0.242 e. The summed E-state index contributed by atoms with van der Waals surface area (Å²) in [5, 5.41) is 3.26. The van der Waals surface area contributed by atoms with E-state index in [9.17, 15) is 13.2 Å². The molecule has 1 unspecified atom stereocenters. The molecule has 0 aromatic heterocycles. The van der Waals surface area contributed by atoms with E-state index >= 15 is 0 Å². The molecule has 22 heavy (non-hydrogen) atoms. The summed E-state index contributed by atoms with van der Waals surface area (Å²) >= 11 is 0. The zero-order valence-corrected chi connectivity index (χ0v) is 12.8. The van der Waals surface area contributed by atoms with Gasteiger partial charge in [0.05, 0.1) is 0 Å². The zero-order chi connectivity index (χ0) is 16.5. The van der Waals surface area contributed by atoms with Crippen molar-refractivity contribution in [1.82, 2.24) is 10.3 Å². The van der Waals surface area contributed by atoms with Crippen LogP contribution < -0.4 is 11.2 Å². The highest BCUT2D eigenvalue weighted by Crippen LogP contribution is 2.41. The first-order chi connectivity index (χ1) is 10.2. The lowest BCUT2D eigenvalue weighted by molar-refractivity contribution is 0.149. The van der Waals surface area contributed by atoms with Gasteiger partial charge in [0.2, 0.25) is 5.95 Å². The van der Waals surface area contributed by atoms with Gasteiger partial charge in [0.25, 0.3) is 0 Å². The first-order valence-electron chi connectivity index (χ1n) is 7.00. The maximum Gasteiger partial charge on any atom is 0.242 e. The van der Waals surface area contributed by atoms with E-state index in [-0.39, 0.29) is 12.1 Å². The van der Waals surface area contributed by atoms with Crippen LogP contribution in [0.1, 0.15) is 26.3 Å². The number of halogens is 3. The van der Waals surface area contributed by atoms with Crippen LogP contribution in [0.3, 0.4) is 0 Å². The number of hydrazine groups is 1. The Bertz CT molecular complexity index is 603. The quantitative estimate of drug-likeness (QED) is 0.661. The summed E-state index contributed by atoms with van der Waals surface area (Å²) in [5.41, 5.74) is -0.284. The average Bonchev–Trinajstić information content (AvgIpc) is 2.44. The Morgan fingerprint density at radius 1 is 1.14 bits per heavy atom. The molecule has 0 amide bonds. The Kier molecular flexibility index (Phi) is 4.63. The number of rotatable bonds is 3. The van der Waals surface area contributed by atoms with Gasteiger partial charge in [-0.2, -0.15) is 4.39 Å². The van der Waals surface area contributed by atoms with Crippen LogP contribution in [0.15, 0.2) is 53.5 Å². The van der Waals surface area contributed by atoms with Crippen LogP contribution in [0, 0.1) is 5.41 Å². The Morgan fingerprint density at radius 2 is 1.73 bits per heavy atom. The van der Waals surface area contributed by atoms with Gasteiger partial charge in [-0.15, -0.1) is 0 Å². The highest BCUT2D eigenvalue weighted by Gasteiger charge is 2.39. The third-order valence-electron chi connectivity index (χ3n) is 3.48. The molecule has 120 valence electrons. The molecule has 1 aliphatic heterocycles. The molecule has 0 aliphatic carbocycles. The standard InChI is InChI=1S/C16H20F3N3/c1-16(2,3)11-12(17)14(19)22(20)15(13(11)18)21-9-10-7-5-4-6-8-10/h4-8,15,21H,9,20H2,1-3H3. The molecule has 6 heteroatoms. The molecule has 1 heterocycles. The van der Waals surface area contributed by atoms with Gasteiger partial charge < -0.3 is 0 Å². The molecule has 0 radical (unpaired) electrons. The summed E-state index contributed by atoms with van der Waals surface area (Å²) in [4.78, 5) is 0. The molecular formula is C16H20F3N3. The number of nitrogens with zero attached hydrogens (tertiary/aromatic N) is 1. The predicted octanol–water partition coefficient (Wildman–Crippen LogP) is 3.67. The summed E-state index contributed by atoms with van der Waals surface area (Å²) < 4.78 is 42.6. The average molecular weight is 311 g/mol. The van der Waals surface area contributed by atoms with Gasteiger partial charge in [-0.1, -0.05) is 51.1 Å². The fourth-order valence-corrected chi connectivity index (χ4v) is 2.38. The third-order valence-corrected chi connectivity index (χ3v) is 3.48. The van der Waals surface area contributed by atoms with Gasteiger partial charge in [0.1, 0.15) is 5.83 Å². The van der Waals surface area contributed by atoms with Crippen LogP contribution in [0.4, 0.5) is 13.2 Å². The second-order valence-electron chi connectivity index (χ2n) is 6.25. The molecule has 0 bridgehead atoms. The molecule has 1 aliphatic rings. The van der Waals surface area contributed by atoms with Gasteiger partial charge >= 0.3 is 0 Å². The van der Waals surface area contributed by atoms with Crippen molar-refractivity contribution in [2.24, 2.45) is 11.3 Å². The van der Waals surface area contributed by atoms with Crippen molar-refractivity contribution < 1.29 is 13.2 Å². The molecule has 0 saturated carbocycles. The first-order valence-corrected chi connectivity index (χ1v) is 7.00. The van der Waals surface area contributed by atoms with E-state index in [1.807, 2.05) is 30.3 Å². The third kappa shape index (κ3) is 3.18. The fourth-order valence-electron chi connectivity index (χ4n) is 2.38. The minimum atomic E-state index is -1.27. The van der Waals surface area contributed by atoms with Crippen molar-refractivity contribution in [1.29, 1.82) is 0 Å². The fraction of sp³-hybridized carbons (Fsp3) is 0.375. The lowest BCUT2D eigenvalue weighted by Gasteiger charge is -2.35. The highest BCUT2D eigenvalue weighted by molar-refractivity contribution is 5.39. The van der Waals surface area contributed by atoms with Gasteiger partial charge in [-0.25, -0.2) is 14.6 Å². The van der Waals surface area contributed by atoms with E-state index in [2.05, 4.69) is 5.32 Å². The first kappa shape index (κ1) is 16.6. The van der Waals surface area contributed by atoms with Crippen molar-refractivity contribution in [3.8, 4) is 0 Å². The molecule has 0 spiro atoms. The predicted molar refractivity (Wildman–Crippen MR) is 79.9 cm³/mol. The normalized spacial score (nSPS) is 20.0. The van der Waals surface area contributed by atoms with Gasteiger partial charge in [-0.05, 0) is 11.0 Å². The SMILES string of the molecule is CC(C)(C)C1=C(F)C(NCc2ccccc2)N(N)C(F)=C1F. The summed E-state index contributed by atoms with van der Waals surface area (Å²) in [6.45, 7) is 5.14. The van der Waals surface area contributed by atoms with E-state index in [1.54, 1.807) is 20.8 Å². The number of benzene rings is 1. The maximum absolute atomic E-state index is 14.6. The van der Waals surface area contributed by atoms with E-state index < -0.39 is 29.2 Å². The second kappa shape index (κ2) is 6.14.